The predicted molar refractivity (Wildman–Crippen MR) is 66.8 cm³/mol. The Hall–Kier alpha value is -1.02. The molecule has 16 heavy (non-hydrogen) atoms. The van der Waals surface area contributed by atoms with E-state index in [4.69, 9.17) is 0 Å². The third-order valence-corrected chi connectivity index (χ3v) is 2.81. The first-order valence-electron chi connectivity index (χ1n) is 5.60. The van der Waals surface area contributed by atoms with Gasteiger partial charge in [0.05, 0.1) is 5.60 Å². The number of aryl methyl sites for hydroxylation is 1. The summed E-state index contributed by atoms with van der Waals surface area (Å²) in [4.78, 5) is 0. The smallest absolute Gasteiger partial charge is 0.119 e. The number of hydrogen-bond acceptors (Lipinski definition) is 2. The quantitative estimate of drug-likeness (QED) is 0.766. The molecule has 0 aliphatic rings. The van der Waals surface area contributed by atoms with Crippen LogP contribution < -0.4 is 0 Å². The number of aromatic hydroxyl groups is 1. The lowest BCUT2D eigenvalue weighted by atomic mass is 9.82. The molecule has 0 aliphatic heterocycles. The Morgan fingerprint density at radius 2 is 1.44 bits per heavy atom. The summed E-state index contributed by atoms with van der Waals surface area (Å²) in [6.45, 7) is 11.6. The van der Waals surface area contributed by atoms with Gasteiger partial charge < -0.3 is 10.2 Å². The molecule has 0 bridgehead atoms. The van der Waals surface area contributed by atoms with Crippen LogP contribution in [0.5, 0.6) is 5.75 Å². The van der Waals surface area contributed by atoms with E-state index in [0.717, 1.165) is 16.7 Å². The van der Waals surface area contributed by atoms with Crippen LogP contribution in [0.1, 0.15) is 51.3 Å². The van der Waals surface area contributed by atoms with Gasteiger partial charge in [-0.05, 0) is 55.0 Å². The Morgan fingerprint density at radius 1 is 0.938 bits per heavy atom. The van der Waals surface area contributed by atoms with Gasteiger partial charge in [0.15, 0.2) is 0 Å². The highest BCUT2D eigenvalue weighted by atomic mass is 16.3. The van der Waals surface area contributed by atoms with Gasteiger partial charge in [-0.25, -0.2) is 0 Å². The number of hydrogen-bond donors (Lipinski definition) is 2. The molecule has 1 aromatic carbocycles. The zero-order valence-electron chi connectivity index (χ0n) is 11.0. The summed E-state index contributed by atoms with van der Waals surface area (Å²) >= 11 is 0. The molecule has 2 heteroatoms. The number of phenolic OH excluding ortho intramolecular Hbond substituents is 1. The van der Waals surface area contributed by atoms with Crippen LogP contribution >= 0.6 is 0 Å². The van der Waals surface area contributed by atoms with E-state index in [9.17, 15) is 10.2 Å². The van der Waals surface area contributed by atoms with Gasteiger partial charge in [0.25, 0.3) is 0 Å². The maximum Gasteiger partial charge on any atom is 0.119 e. The van der Waals surface area contributed by atoms with Crippen molar-refractivity contribution in [2.75, 3.05) is 0 Å². The van der Waals surface area contributed by atoms with E-state index in [1.165, 1.54) is 0 Å². The summed E-state index contributed by atoms with van der Waals surface area (Å²) in [5, 5.41) is 20.0. The van der Waals surface area contributed by atoms with Crippen molar-refractivity contribution in [1.29, 1.82) is 0 Å². The van der Waals surface area contributed by atoms with Crippen LogP contribution in [0.3, 0.4) is 0 Å². The molecule has 0 saturated heterocycles. The van der Waals surface area contributed by atoms with E-state index in [0.29, 0.717) is 5.75 Å². The minimum atomic E-state index is -0.877. The average Bonchev–Trinajstić information content (AvgIpc) is 1.97. The average molecular weight is 222 g/mol. The van der Waals surface area contributed by atoms with E-state index >= 15 is 0 Å². The van der Waals surface area contributed by atoms with Crippen LogP contribution in [0.25, 0.3) is 0 Å². The lowest BCUT2D eigenvalue weighted by Gasteiger charge is -2.26. The summed E-state index contributed by atoms with van der Waals surface area (Å²) in [7, 11) is 0. The second-order valence-corrected chi connectivity index (χ2v) is 5.99. The van der Waals surface area contributed by atoms with Crippen molar-refractivity contribution in [3.8, 4) is 5.75 Å². The van der Waals surface area contributed by atoms with Gasteiger partial charge in [0.2, 0.25) is 0 Å². The third kappa shape index (κ3) is 2.56. The Bertz CT molecular complexity index is 357. The van der Waals surface area contributed by atoms with Gasteiger partial charge in [-0.15, -0.1) is 0 Å². The Balaban J connectivity index is 3.45. The highest BCUT2D eigenvalue weighted by molar-refractivity contribution is 5.46. The van der Waals surface area contributed by atoms with Crippen LogP contribution in [0, 0.1) is 6.92 Å². The Morgan fingerprint density at radius 3 is 1.81 bits per heavy atom. The molecule has 0 spiro atoms. The molecule has 90 valence electrons. The summed E-state index contributed by atoms with van der Waals surface area (Å²) in [5.41, 5.74) is 1.65. The van der Waals surface area contributed by atoms with Crippen molar-refractivity contribution < 1.29 is 10.2 Å². The van der Waals surface area contributed by atoms with Gasteiger partial charge in [-0.1, -0.05) is 20.8 Å². The SMILES string of the molecule is Cc1cc(O)c(C(C)(C)C)cc1C(C)(C)O. The first kappa shape index (κ1) is 13.0. The van der Waals surface area contributed by atoms with Gasteiger partial charge in [-0.2, -0.15) is 0 Å². The topological polar surface area (TPSA) is 40.5 Å². The van der Waals surface area contributed by atoms with Crippen molar-refractivity contribution in [3.63, 3.8) is 0 Å². The van der Waals surface area contributed by atoms with E-state index in [-0.39, 0.29) is 5.41 Å². The lowest BCUT2D eigenvalue weighted by molar-refractivity contribution is 0.0777. The molecule has 0 aromatic heterocycles. The maximum absolute atomic E-state index is 10.1. The van der Waals surface area contributed by atoms with Crippen LogP contribution in [0.15, 0.2) is 12.1 Å². The minimum Gasteiger partial charge on any atom is -0.508 e. The van der Waals surface area contributed by atoms with Crippen LogP contribution in [0.2, 0.25) is 0 Å². The zero-order chi connectivity index (χ0) is 12.7. The summed E-state index contributed by atoms with van der Waals surface area (Å²) in [6.07, 6.45) is 0. The molecule has 2 N–H and O–H groups in total. The van der Waals surface area contributed by atoms with Crippen LogP contribution in [-0.2, 0) is 11.0 Å². The van der Waals surface area contributed by atoms with Crippen molar-refractivity contribution in [1.82, 2.24) is 0 Å². The van der Waals surface area contributed by atoms with E-state index in [1.807, 2.05) is 33.8 Å². The molecule has 1 rings (SSSR count). The molecule has 0 heterocycles. The standard InChI is InChI=1S/C14H22O2/c1-9-7-12(15)11(13(2,3)4)8-10(9)14(5,6)16/h7-8,15-16H,1-6H3. The number of phenols is 1. The minimum absolute atomic E-state index is 0.127. The lowest BCUT2D eigenvalue weighted by Crippen LogP contribution is -2.20. The van der Waals surface area contributed by atoms with Crippen LogP contribution in [-0.4, -0.2) is 10.2 Å². The number of aliphatic hydroxyl groups is 1. The monoisotopic (exact) mass is 222 g/mol. The fourth-order valence-electron chi connectivity index (χ4n) is 1.95. The maximum atomic E-state index is 10.1. The molecule has 0 saturated carbocycles. The van der Waals surface area contributed by atoms with E-state index in [2.05, 4.69) is 0 Å². The molecule has 0 aliphatic carbocycles. The van der Waals surface area contributed by atoms with Crippen LogP contribution in [0.4, 0.5) is 0 Å². The zero-order valence-corrected chi connectivity index (χ0v) is 11.0. The molecule has 0 fully saturated rings. The molecule has 2 nitrogen and oxygen atoms in total. The predicted octanol–water partition coefficient (Wildman–Crippen LogP) is 3.23. The van der Waals surface area contributed by atoms with Gasteiger partial charge in [0, 0.05) is 0 Å². The third-order valence-electron chi connectivity index (χ3n) is 2.81. The Labute approximate surface area is 97.9 Å². The second-order valence-electron chi connectivity index (χ2n) is 5.99. The van der Waals surface area contributed by atoms with Crippen molar-refractivity contribution in [3.05, 3.63) is 28.8 Å². The molecule has 1 aromatic rings. The number of rotatable bonds is 1. The van der Waals surface area contributed by atoms with Crippen molar-refractivity contribution in [2.24, 2.45) is 0 Å². The molecule has 0 amide bonds. The van der Waals surface area contributed by atoms with Crippen molar-refractivity contribution in [2.45, 2.75) is 52.6 Å². The highest BCUT2D eigenvalue weighted by Crippen LogP contribution is 2.36. The largest absolute Gasteiger partial charge is 0.508 e. The normalized spacial score (nSPS) is 12.9. The molecular formula is C14H22O2. The fourth-order valence-corrected chi connectivity index (χ4v) is 1.95. The number of benzene rings is 1. The highest BCUT2D eigenvalue weighted by Gasteiger charge is 2.24. The second kappa shape index (κ2) is 3.77. The van der Waals surface area contributed by atoms with E-state index in [1.54, 1.807) is 19.9 Å². The molecule has 0 atom stereocenters. The fraction of sp³-hybridized carbons (Fsp3) is 0.571. The summed E-state index contributed by atoms with van der Waals surface area (Å²) in [5.74, 6) is 0.304. The molecule has 0 radical (unpaired) electrons. The van der Waals surface area contributed by atoms with Gasteiger partial charge >= 0.3 is 0 Å². The first-order valence-corrected chi connectivity index (χ1v) is 5.60. The van der Waals surface area contributed by atoms with Crippen molar-refractivity contribution >= 4 is 0 Å². The molecule has 0 unspecified atom stereocenters. The Kier molecular flexibility index (Phi) is 3.08. The van der Waals surface area contributed by atoms with Gasteiger partial charge in [0.1, 0.15) is 5.75 Å². The molecular weight excluding hydrogens is 200 g/mol. The first-order chi connectivity index (χ1) is 7.03. The summed E-state index contributed by atoms with van der Waals surface area (Å²) in [6, 6.07) is 3.64. The van der Waals surface area contributed by atoms with Gasteiger partial charge in [-0.3, -0.25) is 0 Å². The van der Waals surface area contributed by atoms with E-state index < -0.39 is 5.60 Å². The summed E-state index contributed by atoms with van der Waals surface area (Å²) < 4.78 is 0.